The highest BCUT2D eigenvalue weighted by Gasteiger charge is 2.22. The van der Waals surface area contributed by atoms with Crippen LogP contribution in [0.1, 0.15) is 12.5 Å². The van der Waals surface area contributed by atoms with Crippen LogP contribution in [0.4, 0.5) is 5.69 Å². The molecule has 0 saturated carbocycles. The number of nitrogens with one attached hydrogen (secondary N) is 1. The van der Waals surface area contributed by atoms with Crippen molar-refractivity contribution in [2.75, 3.05) is 32.2 Å². The molecule has 2 unspecified atom stereocenters. The molecular weight excluding hydrogens is 330 g/mol. The number of epoxide rings is 1. The summed E-state index contributed by atoms with van der Waals surface area (Å²) in [4.78, 5) is 0. The molecular formula is C21H23NO4. The number of hydrogen-bond acceptors (Lipinski definition) is 5. The molecule has 0 spiro atoms. The van der Waals surface area contributed by atoms with Gasteiger partial charge in [0.05, 0.1) is 12.7 Å². The highest BCUT2D eigenvalue weighted by atomic mass is 16.6. The third-order valence-electron chi connectivity index (χ3n) is 3.85. The van der Waals surface area contributed by atoms with E-state index in [2.05, 4.69) is 17.3 Å². The summed E-state index contributed by atoms with van der Waals surface area (Å²) >= 11 is 0. The average molecular weight is 353 g/mol. The van der Waals surface area contributed by atoms with Crippen LogP contribution in [0.5, 0.6) is 11.5 Å². The van der Waals surface area contributed by atoms with Crippen molar-refractivity contribution >= 4 is 5.69 Å². The van der Waals surface area contributed by atoms with Gasteiger partial charge in [0, 0.05) is 24.4 Å². The van der Waals surface area contributed by atoms with E-state index in [1.165, 1.54) is 0 Å². The van der Waals surface area contributed by atoms with Gasteiger partial charge in [-0.1, -0.05) is 0 Å². The van der Waals surface area contributed by atoms with E-state index in [1.54, 1.807) is 7.11 Å². The number of anilines is 1. The van der Waals surface area contributed by atoms with Crippen molar-refractivity contribution < 1.29 is 18.9 Å². The number of hydrogen-bond donors (Lipinski definition) is 1. The smallest absolute Gasteiger partial charge is 0.119 e. The third-order valence-corrected chi connectivity index (χ3v) is 3.85. The van der Waals surface area contributed by atoms with Crippen LogP contribution < -0.4 is 14.8 Å². The van der Waals surface area contributed by atoms with Crippen molar-refractivity contribution in [3.05, 3.63) is 54.1 Å². The fourth-order valence-electron chi connectivity index (χ4n) is 2.08. The summed E-state index contributed by atoms with van der Waals surface area (Å²) in [6.07, 6.45) is 0.330. The Hall–Kier alpha value is -2.68. The molecule has 3 rings (SSSR count). The van der Waals surface area contributed by atoms with Gasteiger partial charge < -0.3 is 24.3 Å². The number of methoxy groups -OCH3 is 1. The van der Waals surface area contributed by atoms with Crippen LogP contribution in [0.15, 0.2) is 48.5 Å². The predicted octanol–water partition coefficient (Wildman–Crippen LogP) is 3.30. The van der Waals surface area contributed by atoms with Crippen molar-refractivity contribution in [1.82, 2.24) is 0 Å². The van der Waals surface area contributed by atoms with Gasteiger partial charge in [-0.2, -0.15) is 0 Å². The standard InChI is InChI=1S/C21H23NO4/c1-16(23-2)13-24-20-9-5-18(6-10-20)22-12-11-17-3-7-19(8-4-17)25-14-21-15-26-21/h3-10,16,21-22H,13-15H2,1-2H3. The van der Waals surface area contributed by atoms with Gasteiger partial charge in [0.25, 0.3) is 0 Å². The Morgan fingerprint density at radius 3 is 2.38 bits per heavy atom. The minimum absolute atomic E-state index is 0.0671. The van der Waals surface area contributed by atoms with Gasteiger partial charge in [-0.05, 0) is 61.4 Å². The van der Waals surface area contributed by atoms with Gasteiger partial charge in [0.1, 0.15) is 30.8 Å². The average Bonchev–Trinajstić information content (AvgIpc) is 3.51. The van der Waals surface area contributed by atoms with Crippen molar-refractivity contribution in [3.8, 4) is 23.5 Å². The van der Waals surface area contributed by atoms with Crippen molar-refractivity contribution in [2.24, 2.45) is 0 Å². The molecule has 136 valence electrons. The Morgan fingerprint density at radius 1 is 1.08 bits per heavy atom. The van der Waals surface area contributed by atoms with Crippen LogP contribution in [-0.4, -0.2) is 39.1 Å². The first kappa shape index (κ1) is 18.1. The van der Waals surface area contributed by atoms with Gasteiger partial charge in [-0.3, -0.25) is 0 Å². The lowest BCUT2D eigenvalue weighted by Gasteiger charge is -2.11. The molecule has 0 amide bonds. The van der Waals surface area contributed by atoms with E-state index < -0.39 is 0 Å². The summed E-state index contributed by atoms with van der Waals surface area (Å²) in [5, 5.41) is 3.07. The van der Waals surface area contributed by atoms with Crippen LogP contribution in [0.2, 0.25) is 0 Å². The molecule has 5 nitrogen and oxygen atoms in total. The zero-order valence-corrected chi connectivity index (χ0v) is 15.0. The summed E-state index contributed by atoms with van der Waals surface area (Å²) in [7, 11) is 1.67. The molecule has 1 fully saturated rings. The van der Waals surface area contributed by atoms with E-state index >= 15 is 0 Å². The van der Waals surface area contributed by atoms with Crippen LogP contribution in [0.25, 0.3) is 0 Å². The molecule has 0 bridgehead atoms. The van der Waals surface area contributed by atoms with Gasteiger partial charge in [-0.15, -0.1) is 0 Å². The Bertz CT molecular complexity index is 742. The fraction of sp³-hybridized carbons (Fsp3) is 0.333. The van der Waals surface area contributed by atoms with E-state index in [0.717, 1.165) is 29.4 Å². The molecule has 2 aromatic carbocycles. The fourth-order valence-corrected chi connectivity index (χ4v) is 2.08. The first-order valence-electron chi connectivity index (χ1n) is 8.60. The molecule has 1 saturated heterocycles. The molecule has 1 heterocycles. The quantitative estimate of drug-likeness (QED) is 0.448. The lowest BCUT2D eigenvalue weighted by atomic mass is 10.2. The highest BCUT2D eigenvalue weighted by Crippen LogP contribution is 2.17. The molecule has 26 heavy (non-hydrogen) atoms. The largest absolute Gasteiger partial charge is 0.491 e. The van der Waals surface area contributed by atoms with Crippen LogP contribution in [0.3, 0.4) is 0 Å². The van der Waals surface area contributed by atoms with Crippen LogP contribution >= 0.6 is 0 Å². The van der Waals surface area contributed by atoms with Crippen LogP contribution in [-0.2, 0) is 9.47 Å². The molecule has 2 atom stereocenters. The summed E-state index contributed by atoms with van der Waals surface area (Å²) in [6.45, 7) is 3.90. The highest BCUT2D eigenvalue weighted by molar-refractivity contribution is 5.51. The number of benzene rings is 2. The monoisotopic (exact) mass is 353 g/mol. The Balaban J connectivity index is 1.46. The van der Waals surface area contributed by atoms with E-state index in [0.29, 0.717) is 13.2 Å². The predicted molar refractivity (Wildman–Crippen MR) is 101 cm³/mol. The normalized spacial score (nSPS) is 16.2. The molecule has 5 heteroatoms. The first-order valence-corrected chi connectivity index (χ1v) is 8.60. The van der Waals surface area contributed by atoms with E-state index in [1.807, 2.05) is 55.5 Å². The maximum absolute atomic E-state index is 5.63. The van der Waals surface area contributed by atoms with Crippen molar-refractivity contribution in [3.63, 3.8) is 0 Å². The molecule has 1 aliphatic heterocycles. The Kier molecular flexibility index (Phi) is 6.37. The number of rotatable bonds is 8. The second kappa shape index (κ2) is 9.14. The topological polar surface area (TPSA) is 52.2 Å². The minimum Gasteiger partial charge on any atom is -0.491 e. The lowest BCUT2D eigenvalue weighted by Crippen LogP contribution is -2.15. The summed E-state index contributed by atoms with van der Waals surface area (Å²) in [5.74, 6) is 4.71. The molecule has 1 N–H and O–H groups in total. The second-order valence-electron chi connectivity index (χ2n) is 6.05. The molecule has 2 aromatic rings. The molecule has 0 aromatic heterocycles. The molecule has 0 radical (unpaired) electrons. The maximum Gasteiger partial charge on any atom is 0.119 e. The third kappa shape index (κ3) is 5.99. The Morgan fingerprint density at radius 2 is 1.73 bits per heavy atom. The van der Waals surface area contributed by atoms with Crippen LogP contribution in [0, 0.1) is 12.0 Å². The van der Waals surface area contributed by atoms with Crippen molar-refractivity contribution in [2.45, 2.75) is 19.1 Å². The van der Waals surface area contributed by atoms with Gasteiger partial charge in [-0.25, -0.2) is 0 Å². The zero-order chi connectivity index (χ0) is 18.2. The van der Waals surface area contributed by atoms with Gasteiger partial charge >= 0.3 is 0 Å². The molecule has 1 aliphatic rings. The summed E-state index contributed by atoms with van der Waals surface area (Å²) in [5.41, 5.74) is 1.83. The molecule has 0 aliphatic carbocycles. The van der Waals surface area contributed by atoms with E-state index in [9.17, 15) is 0 Å². The van der Waals surface area contributed by atoms with Crippen molar-refractivity contribution in [1.29, 1.82) is 0 Å². The number of ether oxygens (including phenoxy) is 4. The van der Waals surface area contributed by atoms with E-state index in [-0.39, 0.29) is 12.2 Å². The van der Waals surface area contributed by atoms with Gasteiger partial charge in [0.15, 0.2) is 0 Å². The van der Waals surface area contributed by atoms with E-state index in [4.69, 9.17) is 18.9 Å². The SMILES string of the molecule is COC(C)COc1ccc(NC#Cc2ccc(OCC3CO3)cc2)cc1. The minimum atomic E-state index is 0.0671. The summed E-state index contributed by atoms with van der Waals surface area (Å²) < 4.78 is 21.5. The second-order valence-corrected chi connectivity index (χ2v) is 6.05. The zero-order valence-electron chi connectivity index (χ0n) is 15.0. The van der Waals surface area contributed by atoms with Gasteiger partial charge in [0.2, 0.25) is 0 Å². The summed E-state index contributed by atoms with van der Waals surface area (Å²) in [6, 6.07) is 18.3. The maximum atomic E-state index is 5.63. The lowest BCUT2D eigenvalue weighted by molar-refractivity contribution is 0.0717. The Labute approximate surface area is 154 Å². The first-order chi connectivity index (χ1) is 12.7.